The van der Waals surface area contributed by atoms with Gasteiger partial charge in [0.1, 0.15) is 28.4 Å². The van der Waals surface area contributed by atoms with Crippen LogP contribution in [0.2, 0.25) is 0 Å². The van der Waals surface area contributed by atoms with E-state index < -0.39 is 22.6 Å². The predicted molar refractivity (Wildman–Crippen MR) is 171 cm³/mol. The monoisotopic (exact) mass is 595 g/mol. The summed E-state index contributed by atoms with van der Waals surface area (Å²) in [6.07, 6.45) is 5.78. The van der Waals surface area contributed by atoms with Gasteiger partial charge in [-0.05, 0) is 64.1 Å². The molecule has 5 aromatic rings. The van der Waals surface area contributed by atoms with Crippen LogP contribution in [0.3, 0.4) is 0 Å². The van der Waals surface area contributed by atoms with Gasteiger partial charge in [-0.2, -0.15) is 0 Å². The van der Waals surface area contributed by atoms with E-state index in [0.29, 0.717) is 50.2 Å². The second-order valence-corrected chi connectivity index (χ2v) is 11.8. The highest BCUT2D eigenvalue weighted by Crippen LogP contribution is 2.51. The third kappa shape index (κ3) is 4.38. The van der Waals surface area contributed by atoms with Gasteiger partial charge in [0.05, 0.1) is 36.0 Å². The number of nitrogens with zero attached hydrogens (tertiary/aromatic N) is 1. The molecular weight excluding hydrogens is 562 g/mol. The summed E-state index contributed by atoms with van der Waals surface area (Å²) in [5, 5.41) is 23.8. The number of aryl methyl sites for hydroxylation is 1. The Morgan fingerprint density at radius 3 is 2.45 bits per heavy atom. The Labute approximate surface area is 252 Å². The molecule has 9 heteroatoms. The van der Waals surface area contributed by atoms with Crippen molar-refractivity contribution in [1.29, 1.82) is 0 Å². The van der Waals surface area contributed by atoms with Crippen molar-refractivity contribution in [1.82, 2.24) is 4.57 Å². The minimum absolute atomic E-state index is 0.104. The minimum atomic E-state index is -0.736. The molecule has 2 N–H and O–H groups in total. The molecule has 6 rings (SSSR count). The average Bonchev–Trinajstić information content (AvgIpc) is 2.97. The molecule has 1 aliphatic rings. The zero-order valence-corrected chi connectivity index (χ0v) is 25.6. The number of aromatic nitrogens is 1. The normalized spacial score (nSPS) is 14.3. The van der Waals surface area contributed by atoms with E-state index in [1.165, 1.54) is 32.4 Å². The number of benzene rings is 3. The number of rotatable bonds is 5. The third-order valence-corrected chi connectivity index (χ3v) is 8.06. The minimum Gasteiger partial charge on any atom is -0.507 e. The first kappa shape index (κ1) is 28.9. The molecule has 0 radical (unpaired) electrons. The summed E-state index contributed by atoms with van der Waals surface area (Å²) < 4.78 is 25.1. The first-order chi connectivity index (χ1) is 20.9. The molecule has 3 aromatic carbocycles. The molecule has 0 aliphatic carbocycles. The van der Waals surface area contributed by atoms with Crippen LogP contribution in [0, 0.1) is 0 Å². The average molecular weight is 596 g/mol. The Balaban J connectivity index is 1.82. The SMILES string of the molecule is COc1cc2oc(=O)ccc2cc1C(C=C(C)C)c1c2c(c3c(c1O)c(=O)c1ccc(O)c(OC)c1n3C)C=CC(C)(C)O2. The van der Waals surface area contributed by atoms with Crippen LogP contribution in [0.15, 0.2) is 68.1 Å². The van der Waals surface area contributed by atoms with Gasteiger partial charge in [-0.15, -0.1) is 0 Å². The maximum Gasteiger partial charge on any atom is 0.336 e. The zero-order valence-electron chi connectivity index (χ0n) is 25.6. The molecule has 3 heterocycles. The van der Waals surface area contributed by atoms with Crippen LogP contribution in [0.4, 0.5) is 0 Å². The summed E-state index contributed by atoms with van der Waals surface area (Å²) >= 11 is 0. The van der Waals surface area contributed by atoms with Crippen LogP contribution in [-0.2, 0) is 7.05 Å². The number of allylic oxidation sites excluding steroid dienone is 2. The summed E-state index contributed by atoms with van der Waals surface area (Å²) in [5.74, 6) is 0.00216. The van der Waals surface area contributed by atoms with Crippen molar-refractivity contribution in [2.75, 3.05) is 14.2 Å². The van der Waals surface area contributed by atoms with Crippen LogP contribution in [0.1, 0.15) is 50.3 Å². The molecule has 1 unspecified atom stereocenters. The van der Waals surface area contributed by atoms with E-state index in [1.807, 2.05) is 52.0 Å². The number of phenolic OH excluding ortho intramolecular Hbond substituents is 2. The van der Waals surface area contributed by atoms with Gasteiger partial charge in [0.2, 0.25) is 5.43 Å². The van der Waals surface area contributed by atoms with Gasteiger partial charge in [0, 0.05) is 47.2 Å². The van der Waals surface area contributed by atoms with Crippen LogP contribution >= 0.6 is 0 Å². The Morgan fingerprint density at radius 1 is 1.02 bits per heavy atom. The first-order valence-corrected chi connectivity index (χ1v) is 14.1. The molecule has 0 fully saturated rings. The molecule has 1 atom stereocenters. The fourth-order valence-corrected chi connectivity index (χ4v) is 6.16. The first-order valence-electron chi connectivity index (χ1n) is 14.1. The van der Waals surface area contributed by atoms with Crippen molar-refractivity contribution in [3.05, 3.63) is 91.5 Å². The molecular formula is C35H33NO8. The number of fused-ring (bicyclic) bond motifs is 5. The Bertz CT molecular complexity index is 2200. The second-order valence-electron chi connectivity index (χ2n) is 11.8. The number of hydrogen-bond acceptors (Lipinski definition) is 8. The number of aromatic hydroxyl groups is 2. The van der Waals surface area contributed by atoms with Crippen molar-refractivity contribution in [3.8, 4) is 28.7 Å². The van der Waals surface area contributed by atoms with Crippen LogP contribution in [-0.4, -0.2) is 34.6 Å². The zero-order chi connectivity index (χ0) is 31.7. The summed E-state index contributed by atoms with van der Waals surface area (Å²) in [6, 6.07) is 9.45. The van der Waals surface area contributed by atoms with E-state index in [-0.39, 0.29) is 28.0 Å². The van der Waals surface area contributed by atoms with E-state index in [0.717, 1.165) is 5.57 Å². The number of ether oxygens (including phenoxy) is 3. The summed E-state index contributed by atoms with van der Waals surface area (Å²) in [6.45, 7) is 7.71. The number of phenols is 2. The second kappa shape index (κ2) is 10.2. The molecule has 0 saturated heterocycles. The van der Waals surface area contributed by atoms with Gasteiger partial charge in [0.15, 0.2) is 11.5 Å². The standard InChI is InChI=1S/C35H33NO8/c1-17(2)14-22(21-15-18-8-11-26(38)43-24(18)16-25(21)41-6)27-32(40)28-29(20-12-13-35(3,4)44-33(20)27)36(5)30-19(31(28)39)9-10-23(37)34(30)42-7/h8-16,22,37,40H,1-7H3. The van der Waals surface area contributed by atoms with Gasteiger partial charge in [-0.1, -0.05) is 11.6 Å². The van der Waals surface area contributed by atoms with E-state index in [9.17, 15) is 19.8 Å². The molecule has 2 aromatic heterocycles. The van der Waals surface area contributed by atoms with Crippen LogP contribution in [0.25, 0.3) is 38.9 Å². The van der Waals surface area contributed by atoms with E-state index in [2.05, 4.69) is 0 Å². The summed E-state index contributed by atoms with van der Waals surface area (Å²) in [7, 11) is 4.71. The van der Waals surface area contributed by atoms with Crippen molar-refractivity contribution < 1.29 is 28.8 Å². The Morgan fingerprint density at radius 2 is 1.77 bits per heavy atom. The number of methoxy groups -OCH3 is 2. The van der Waals surface area contributed by atoms with Crippen LogP contribution in [0.5, 0.6) is 28.7 Å². The molecule has 0 saturated carbocycles. The fraction of sp³-hybridized carbons (Fsp3) is 0.257. The highest BCUT2D eigenvalue weighted by atomic mass is 16.5. The maximum atomic E-state index is 14.3. The van der Waals surface area contributed by atoms with E-state index in [1.54, 1.807) is 23.7 Å². The lowest BCUT2D eigenvalue weighted by atomic mass is 9.83. The highest BCUT2D eigenvalue weighted by molar-refractivity contribution is 6.05. The van der Waals surface area contributed by atoms with Crippen molar-refractivity contribution in [2.24, 2.45) is 7.05 Å². The van der Waals surface area contributed by atoms with E-state index >= 15 is 0 Å². The quantitative estimate of drug-likeness (QED) is 0.134. The lowest BCUT2D eigenvalue weighted by Gasteiger charge is -2.33. The number of pyridine rings is 1. The smallest absolute Gasteiger partial charge is 0.336 e. The molecule has 9 nitrogen and oxygen atoms in total. The fourth-order valence-electron chi connectivity index (χ4n) is 6.16. The third-order valence-electron chi connectivity index (χ3n) is 8.06. The molecule has 0 bridgehead atoms. The van der Waals surface area contributed by atoms with Gasteiger partial charge < -0.3 is 33.4 Å². The Kier molecular flexibility index (Phi) is 6.72. The summed E-state index contributed by atoms with van der Waals surface area (Å²) in [4.78, 5) is 26.2. The van der Waals surface area contributed by atoms with Gasteiger partial charge >= 0.3 is 5.63 Å². The molecule has 226 valence electrons. The number of hydrogen-bond donors (Lipinski definition) is 2. The van der Waals surface area contributed by atoms with Crippen molar-refractivity contribution >= 4 is 38.9 Å². The Hall–Kier alpha value is -5.18. The maximum absolute atomic E-state index is 14.3. The van der Waals surface area contributed by atoms with Gasteiger partial charge in [-0.25, -0.2) is 4.79 Å². The largest absolute Gasteiger partial charge is 0.507 e. The molecule has 0 amide bonds. The predicted octanol–water partition coefficient (Wildman–Crippen LogP) is 6.51. The van der Waals surface area contributed by atoms with Crippen molar-refractivity contribution in [3.63, 3.8) is 0 Å². The molecule has 0 spiro atoms. The summed E-state index contributed by atoms with van der Waals surface area (Å²) in [5.41, 5.74) is 2.14. The van der Waals surface area contributed by atoms with Gasteiger partial charge in [0.25, 0.3) is 0 Å². The van der Waals surface area contributed by atoms with Crippen molar-refractivity contribution in [2.45, 2.75) is 39.2 Å². The topological polar surface area (TPSA) is 120 Å². The molecule has 44 heavy (non-hydrogen) atoms. The lowest BCUT2D eigenvalue weighted by molar-refractivity contribution is 0.156. The van der Waals surface area contributed by atoms with Crippen LogP contribution < -0.4 is 25.3 Å². The lowest BCUT2D eigenvalue weighted by Crippen LogP contribution is -2.29. The molecule has 1 aliphatic heterocycles. The van der Waals surface area contributed by atoms with E-state index in [4.69, 9.17) is 18.6 Å². The highest BCUT2D eigenvalue weighted by Gasteiger charge is 2.35. The van der Waals surface area contributed by atoms with Gasteiger partial charge in [-0.3, -0.25) is 4.79 Å².